The van der Waals surface area contributed by atoms with E-state index in [1.807, 2.05) is 60.7 Å². The highest BCUT2D eigenvalue weighted by molar-refractivity contribution is 7.22. The van der Waals surface area contributed by atoms with E-state index in [0.717, 1.165) is 42.3 Å². The summed E-state index contributed by atoms with van der Waals surface area (Å²) in [6.45, 7) is 0. The van der Waals surface area contributed by atoms with Crippen LogP contribution >= 0.6 is 22.7 Å². The molecule has 0 bridgehead atoms. The van der Waals surface area contributed by atoms with Gasteiger partial charge in [-0.1, -0.05) is 60.7 Å². The van der Waals surface area contributed by atoms with Gasteiger partial charge in [0.15, 0.2) is 10.0 Å². The quantitative estimate of drug-likeness (QED) is 0.260. The molecule has 0 amide bonds. The van der Waals surface area contributed by atoms with Crippen molar-refractivity contribution in [1.29, 1.82) is 0 Å². The van der Waals surface area contributed by atoms with Crippen molar-refractivity contribution in [2.45, 2.75) is 0 Å². The second kappa shape index (κ2) is 9.22. The Hall–Kier alpha value is -5.20. The molecule has 0 fully saturated rings. The van der Waals surface area contributed by atoms with Crippen LogP contribution < -0.4 is 0 Å². The highest BCUT2D eigenvalue weighted by atomic mass is 32.1. The summed E-state index contributed by atoms with van der Waals surface area (Å²) in [4.78, 5) is 9.53. The fourth-order valence-electron chi connectivity index (χ4n) is 4.32. The van der Waals surface area contributed by atoms with Crippen molar-refractivity contribution in [3.05, 3.63) is 84.9 Å². The van der Waals surface area contributed by atoms with Crippen molar-refractivity contribution >= 4 is 53.9 Å². The van der Waals surface area contributed by atoms with E-state index in [-0.39, 0.29) is 0 Å². The first-order valence-electron chi connectivity index (χ1n) is 12.2. The van der Waals surface area contributed by atoms with Crippen molar-refractivity contribution in [1.82, 2.24) is 50.8 Å². The van der Waals surface area contributed by atoms with Gasteiger partial charge in [0.1, 0.15) is 0 Å². The van der Waals surface area contributed by atoms with Crippen LogP contribution in [0.4, 0.5) is 0 Å². The minimum Gasteiger partial charge on any atom is -0.232 e. The van der Waals surface area contributed by atoms with E-state index in [1.54, 1.807) is 0 Å². The van der Waals surface area contributed by atoms with Crippen molar-refractivity contribution < 1.29 is 0 Å². The maximum absolute atomic E-state index is 4.77. The summed E-state index contributed by atoms with van der Waals surface area (Å²) in [6.07, 6.45) is 0. The molecule has 10 nitrogen and oxygen atoms in total. The fraction of sp³-hybridized carbons (Fsp3) is 0. The van der Waals surface area contributed by atoms with Crippen molar-refractivity contribution in [3.63, 3.8) is 0 Å². The zero-order valence-electron chi connectivity index (χ0n) is 20.4. The Morgan fingerprint density at radius 1 is 0.400 bits per heavy atom. The van der Waals surface area contributed by atoms with Crippen LogP contribution in [0.3, 0.4) is 0 Å². The molecule has 188 valence electrons. The van der Waals surface area contributed by atoms with Crippen molar-refractivity contribution in [2.24, 2.45) is 0 Å². The van der Waals surface area contributed by atoms with E-state index in [0.29, 0.717) is 33.3 Å². The van der Waals surface area contributed by atoms with Crippen LogP contribution in [0.15, 0.2) is 84.9 Å². The van der Waals surface area contributed by atoms with Crippen LogP contribution in [0.5, 0.6) is 0 Å². The Morgan fingerprint density at radius 3 is 1.18 bits per heavy atom. The molecule has 0 aliphatic heterocycles. The average molecular weight is 555 g/mol. The number of hydrogen-bond donors (Lipinski definition) is 0. The van der Waals surface area contributed by atoms with E-state index in [1.165, 1.54) is 22.7 Å². The van der Waals surface area contributed by atoms with Gasteiger partial charge in [-0.05, 0) is 35.0 Å². The minimum absolute atomic E-state index is 0.401. The highest BCUT2D eigenvalue weighted by Gasteiger charge is 2.15. The van der Waals surface area contributed by atoms with Crippen LogP contribution in [0, 0.1) is 0 Å². The van der Waals surface area contributed by atoms with E-state index in [2.05, 4.69) is 65.1 Å². The van der Waals surface area contributed by atoms with E-state index in [4.69, 9.17) is 9.97 Å². The summed E-state index contributed by atoms with van der Waals surface area (Å²) >= 11 is 3.01. The van der Waals surface area contributed by atoms with Crippen LogP contribution in [-0.2, 0) is 0 Å². The molecule has 4 aromatic heterocycles. The predicted molar refractivity (Wildman–Crippen MR) is 154 cm³/mol. The third kappa shape index (κ3) is 4.02. The van der Waals surface area contributed by atoms with Crippen LogP contribution in [0.25, 0.3) is 75.6 Å². The van der Waals surface area contributed by atoms with Crippen LogP contribution in [-0.4, -0.2) is 50.8 Å². The first-order chi connectivity index (χ1) is 19.8. The van der Waals surface area contributed by atoms with Gasteiger partial charge in [0.05, 0.1) is 20.4 Å². The number of rotatable bonds is 4. The van der Waals surface area contributed by atoms with Gasteiger partial charge in [-0.25, -0.2) is 9.97 Å². The summed E-state index contributed by atoms with van der Waals surface area (Å²) in [5.41, 5.74) is 3.45. The summed E-state index contributed by atoms with van der Waals surface area (Å²) in [6, 6.07) is 27.6. The Bertz CT molecular complexity index is 1920. The molecule has 0 N–H and O–H groups in total. The molecule has 8 aromatic rings. The summed E-state index contributed by atoms with van der Waals surface area (Å²) in [7, 11) is 0. The zero-order valence-corrected chi connectivity index (χ0v) is 22.0. The second-order valence-electron chi connectivity index (χ2n) is 8.85. The molecule has 0 aliphatic rings. The lowest BCUT2D eigenvalue weighted by Gasteiger charge is -1.97. The average Bonchev–Trinajstić information content (AvgIpc) is 3.63. The predicted octanol–water partition coefficient (Wildman–Crippen LogP) is 5.89. The van der Waals surface area contributed by atoms with Gasteiger partial charge >= 0.3 is 0 Å². The molecule has 0 aliphatic carbocycles. The normalized spacial score (nSPS) is 11.5. The zero-order chi connectivity index (χ0) is 26.5. The Labute approximate surface area is 233 Å². The fourth-order valence-corrected chi connectivity index (χ4v) is 6.16. The molecule has 4 aromatic carbocycles. The molecule has 0 saturated carbocycles. The number of fused-ring (bicyclic) bond motifs is 3. The second-order valence-corrected chi connectivity index (χ2v) is 10.9. The molecular weight excluding hydrogens is 541 g/mol. The number of thiazole rings is 2. The van der Waals surface area contributed by atoms with Crippen LogP contribution in [0.1, 0.15) is 0 Å². The Kier molecular flexibility index (Phi) is 5.24. The lowest BCUT2D eigenvalue weighted by atomic mass is 10.1. The molecule has 0 atom stereocenters. The standard InChI is InChI=1S/C28H14N10S2/c1-3-7-15(8-4-1)23-31-35-25(36-32-23)27-29-19-11-17-14-22-20(12-18(17)13-21(19)39-27)30-28(40-22)26-37-33-24(34-38-26)16-9-5-2-6-10-16/h1-14H. The molecule has 0 radical (unpaired) electrons. The molecule has 40 heavy (non-hydrogen) atoms. The van der Waals surface area contributed by atoms with Crippen molar-refractivity contribution in [2.75, 3.05) is 0 Å². The van der Waals surface area contributed by atoms with Gasteiger partial charge in [-0.3, -0.25) is 0 Å². The van der Waals surface area contributed by atoms with Crippen LogP contribution in [0.2, 0.25) is 0 Å². The van der Waals surface area contributed by atoms with Gasteiger partial charge < -0.3 is 0 Å². The summed E-state index contributed by atoms with van der Waals surface area (Å²) < 4.78 is 2.03. The van der Waals surface area contributed by atoms with Gasteiger partial charge in [0, 0.05) is 11.1 Å². The smallest absolute Gasteiger partial charge is 0.232 e. The molecule has 4 heterocycles. The van der Waals surface area contributed by atoms with E-state index < -0.39 is 0 Å². The molecule has 0 unspecified atom stereocenters. The largest absolute Gasteiger partial charge is 0.232 e. The van der Waals surface area contributed by atoms with Gasteiger partial charge in [0.25, 0.3) is 0 Å². The Balaban J connectivity index is 1.12. The van der Waals surface area contributed by atoms with E-state index in [9.17, 15) is 0 Å². The molecular formula is C28H14N10S2. The van der Waals surface area contributed by atoms with Gasteiger partial charge in [-0.15, -0.1) is 63.5 Å². The molecule has 12 heteroatoms. The molecule has 8 rings (SSSR count). The summed E-state index contributed by atoms with van der Waals surface area (Å²) in [5.74, 6) is 1.76. The monoisotopic (exact) mass is 554 g/mol. The molecule has 0 spiro atoms. The minimum atomic E-state index is 0.401. The number of hydrogen-bond acceptors (Lipinski definition) is 12. The number of benzene rings is 4. The lowest BCUT2D eigenvalue weighted by molar-refractivity contribution is 0.875. The molecule has 0 saturated heterocycles. The van der Waals surface area contributed by atoms with Gasteiger partial charge in [0.2, 0.25) is 23.3 Å². The third-order valence-corrected chi connectivity index (χ3v) is 8.29. The van der Waals surface area contributed by atoms with E-state index >= 15 is 0 Å². The Morgan fingerprint density at radius 2 is 0.775 bits per heavy atom. The first-order valence-corrected chi connectivity index (χ1v) is 13.8. The summed E-state index contributed by atoms with van der Waals surface area (Å²) in [5, 5.41) is 37.6. The topological polar surface area (TPSA) is 129 Å². The van der Waals surface area contributed by atoms with Gasteiger partial charge in [-0.2, -0.15) is 0 Å². The SMILES string of the molecule is c1ccc(-c2nnc(-c3nc4cc5cc6sc(-c7nnc(-c8ccccc8)nn7)nc6cc5cc4s3)nn2)cc1. The highest BCUT2D eigenvalue weighted by Crippen LogP contribution is 2.35. The first kappa shape index (κ1) is 22.8. The third-order valence-electron chi connectivity index (χ3n) is 6.26. The van der Waals surface area contributed by atoms with Crippen molar-refractivity contribution in [3.8, 4) is 44.4 Å². The lowest BCUT2D eigenvalue weighted by Crippen LogP contribution is -1.98. The number of nitrogens with zero attached hydrogens (tertiary/aromatic N) is 10. The maximum Gasteiger partial charge on any atom is 0.232 e. The number of aromatic nitrogens is 10. The maximum atomic E-state index is 4.77.